The van der Waals surface area contributed by atoms with Crippen LogP contribution in [0.15, 0.2) is 91.4 Å². The molecule has 0 fully saturated rings. The first kappa shape index (κ1) is 23.2. The van der Waals surface area contributed by atoms with E-state index in [1.807, 2.05) is 24.5 Å². The number of pyridine rings is 2. The second-order valence-corrected chi connectivity index (χ2v) is 8.99. The Balaban J connectivity index is 1.41. The van der Waals surface area contributed by atoms with Gasteiger partial charge in [0, 0.05) is 42.8 Å². The van der Waals surface area contributed by atoms with Gasteiger partial charge < -0.3 is 10.6 Å². The van der Waals surface area contributed by atoms with E-state index in [-0.39, 0.29) is 0 Å². The Morgan fingerprint density at radius 1 is 0.833 bits per heavy atom. The maximum Gasteiger partial charge on any atom is 0.103 e. The predicted octanol–water partition coefficient (Wildman–Crippen LogP) is 6.82. The number of nitrogens with one attached hydrogen (secondary N) is 2. The predicted molar refractivity (Wildman–Crippen MR) is 146 cm³/mol. The Bertz CT molecular complexity index is 1570. The molecule has 0 spiro atoms. The fourth-order valence-corrected chi connectivity index (χ4v) is 4.39. The molecule has 0 saturated heterocycles. The number of rotatable bonds is 7. The Kier molecular flexibility index (Phi) is 6.70. The van der Waals surface area contributed by atoms with Crippen molar-refractivity contribution in [1.82, 2.24) is 15.3 Å². The zero-order valence-electron chi connectivity index (χ0n) is 20.4. The summed E-state index contributed by atoms with van der Waals surface area (Å²) in [5, 5.41) is 17.7. The Morgan fingerprint density at radius 3 is 2.44 bits per heavy atom. The van der Waals surface area contributed by atoms with E-state index in [4.69, 9.17) is 0 Å². The molecule has 0 bridgehead atoms. The van der Waals surface area contributed by atoms with Crippen LogP contribution in [-0.4, -0.2) is 9.97 Å². The van der Waals surface area contributed by atoms with E-state index in [9.17, 15) is 5.26 Å². The molecule has 0 aliphatic heterocycles. The van der Waals surface area contributed by atoms with E-state index in [1.165, 1.54) is 16.7 Å². The average Bonchev–Trinajstić information content (AvgIpc) is 2.91. The van der Waals surface area contributed by atoms with Crippen LogP contribution in [0.4, 0.5) is 11.4 Å². The Labute approximate surface area is 211 Å². The van der Waals surface area contributed by atoms with Gasteiger partial charge in [-0.2, -0.15) is 5.26 Å². The number of anilines is 2. The lowest BCUT2D eigenvalue weighted by Gasteiger charge is -2.15. The lowest BCUT2D eigenvalue weighted by atomic mass is 10.00. The van der Waals surface area contributed by atoms with Crippen LogP contribution in [0.3, 0.4) is 0 Å². The van der Waals surface area contributed by atoms with Crippen LogP contribution in [0.25, 0.3) is 22.0 Å². The van der Waals surface area contributed by atoms with Gasteiger partial charge in [0.15, 0.2) is 0 Å². The molecule has 0 unspecified atom stereocenters. The number of aromatic nitrogens is 2. The van der Waals surface area contributed by atoms with Gasteiger partial charge in [-0.3, -0.25) is 9.97 Å². The number of nitriles is 1. The number of fused-ring (bicyclic) bond motifs is 1. The molecule has 0 amide bonds. The highest BCUT2D eigenvalue weighted by atomic mass is 14.9. The summed E-state index contributed by atoms with van der Waals surface area (Å²) in [5.74, 6) is 0. The quantitative estimate of drug-likeness (QED) is 0.274. The third-order valence-electron chi connectivity index (χ3n) is 6.30. The first-order chi connectivity index (χ1) is 17.6. The topological polar surface area (TPSA) is 73.6 Å². The van der Waals surface area contributed by atoms with Gasteiger partial charge in [0.2, 0.25) is 0 Å². The van der Waals surface area contributed by atoms with Crippen LogP contribution >= 0.6 is 0 Å². The van der Waals surface area contributed by atoms with Crippen LogP contribution in [0.1, 0.15) is 27.8 Å². The van der Waals surface area contributed by atoms with Crippen molar-refractivity contribution in [3.8, 4) is 17.2 Å². The van der Waals surface area contributed by atoms with Crippen molar-refractivity contribution in [1.29, 1.82) is 5.26 Å². The van der Waals surface area contributed by atoms with Gasteiger partial charge in [-0.1, -0.05) is 48.0 Å². The second kappa shape index (κ2) is 10.4. The molecule has 5 heteroatoms. The Morgan fingerprint density at radius 2 is 1.64 bits per heavy atom. The molecule has 0 radical (unpaired) electrons. The largest absolute Gasteiger partial charge is 0.354 e. The minimum atomic E-state index is 0.525. The van der Waals surface area contributed by atoms with Gasteiger partial charge in [0.05, 0.1) is 16.8 Å². The molecule has 36 heavy (non-hydrogen) atoms. The molecule has 3 aromatic carbocycles. The summed E-state index contributed by atoms with van der Waals surface area (Å²) in [6.45, 7) is 5.72. The highest BCUT2D eigenvalue weighted by Gasteiger charge is 2.12. The van der Waals surface area contributed by atoms with Gasteiger partial charge in [0.1, 0.15) is 6.07 Å². The maximum absolute atomic E-state index is 9.74. The average molecular weight is 470 g/mol. The van der Waals surface area contributed by atoms with Crippen LogP contribution in [0, 0.1) is 25.2 Å². The van der Waals surface area contributed by atoms with Gasteiger partial charge in [-0.05, 0) is 72.0 Å². The van der Waals surface area contributed by atoms with E-state index in [0.29, 0.717) is 5.56 Å². The molecule has 2 aromatic heterocycles. The molecule has 2 N–H and O–H groups in total. The number of hydrogen-bond acceptors (Lipinski definition) is 5. The van der Waals surface area contributed by atoms with E-state index in [2.05, 4.69) is 101 Å². The molecule has 0 aliphatic rings. The zero-order chi connectivity index (χ0) is 24.9. The van der Waals surface area contributed by atoms with Crippen LogP contribution < -0.4 is 10.6 Å². The molecule has 0 aliphatic carbocycles. The van der Waals surface area contributed by atoms with Gasteiger partial charge in [0.25, 0.3) is 0 Å². The van der Waals surface area contributed by atoms with Crippen molar-refractivity contribution in [2.24, 2.45) is 0 Å². The number of benzene rings is 3. The van der Waals surface area contributed by atoms with Crippen molar-refractivity contribution in [2.45, 2.75) is 26.9 Å². The number of nitrogens with zero attached hydrogens (tertiary/aromatic N) is 3. The summed E-state index contributed by atoms with van der Waals surface area (Å²) in [4.78, 5) is 8.67. The molecular weight excluding hydrogens is 442 g/mol. The van der Waals surface area contributed by atoms with E-state index >= 15 is 0 Å². The smallest absolute Gasteiger partial charge is 0.103 e. The van der Waals surface area contributed by atoms with Gasteiger partial charge >= 0.3 is 0 Å². The Hall–Kier alpha value is -4.53. The summed E-state index contributed by atoms with van der Waals surface area (Å²) in [7, 11) is 0. The fraction of sp³-hybridized carbons (Fsp3) is 0.129. The lowest BCUT2D eigenvalue weighted by Crippen LogP contribution is -2.12. The monoisotopic (exact) mass is 469 g/mol. The second-order valence-electron chi connectivity index (χ2n) is 8.99. The van der Waals surface area contributed by atoms with Crippen molar-refractivity contribution < 1.29 is 0 Å². The van der Waals surface area contributed by atoms with Crippen molar-refractivity contribution >= 4 is 22.3 Å². The van der Waals surface area contributed by atoms with Crippen molar-refractivity contribution in [3.63, 3.8) is 0 Å². The van der Waals surface area contributed by atoms with Crippen LogP contribution in [-0.2, 0) is 13.1 Å². The molecule has 5 rings (SSSR count). The van der Waals surface area contributed by atoms with E-state index in [0.717, 1.165) is 52.1 Å². The summed E-state index contributed by atoms with van der Waals surface area (Å²) in [6, 6.07) is 27.4. The molecule has 0 atom stereocenters. The molecule has 0 saturated carbocycles. The summed E-state index contributed by atoms with van der Waals surface area (Å²) < 4.78 is 0. The van der Waals surface area contributed by atoms with E-state index in [1.54, 1.807) is 6.20 Å². The van der Waals surface area contributed by atoms with Gasteiger partial charge in [-0.15, -0.1) is 0 Å². The van der Waals surface area contributed by atoms with Crippen LogP contribution in [0.2, 0.25) is 0 Å². The molecule has 5 nitrogen and oxygen atoms in total. The van der Waals surface area contributed by atoms with Gasteiger partial charge in [-0.25, -0.2) is 0 Å². The summed E-state index contributed by atoms with van der Waals surface area (Å²) in [6.07, 6.45) is 5.28. The van der Waals surface area contributed by atoms with E-state index < -0.39 is 0 Å². The highest BCUT2D eigenvalue weighted by Crippen LogP contribution is 2.33. The minimum Gasteiger partial charge on any atom is -0.354 e. The maximum atomic E-state index is 9.74. The van der Waals surface area contributed by atoms with Crippen LogP contribution in [0.5, 0.6) is 0 Å². The molecule has 2 heterocycles. The zero-order valence-corrected chi connectivity index (χ0v) is 20.4. The molecule has 176 valence electrons. The first-order valence-electron chi connectivity index (χ1n) is 12.0. The third kappa shape index (κ3) is 5.10. The minimum absolute atomic E-state index is 0.525. The standard InChI is InChI=1S/C31H27N5/c1-21-6-9-29(22(2)14-21)36-31-27(17-32)20-35-30-16-26(7-8-28(30)31)25-5-3-4-24(15-25)19-34-18-23-10-12-33-13-11-23/h3-16,20,34H,18-19H2,1-2H3,(H,35,36). The van der Waals surface area contributed by atoms with Crippen molar-refractivity contribution in [2.75, 3.05) is 5.32 Å². The third-order valence-corrected chi connectivity index (χ3v) is 6.30. The molecule has 5 aromatic rings. The lowest BCUT2D eigenvalue weighted by molar-refractivity contribution is 0.693. The summed E-state index contributed by atoms with van der Waals surface area (Å²) in [5.41, 5.74) is 10.1. The number of hydrogen-bond donors (Lipinski definition) is 2. The normalized spacial score (nSPS) is 10.8. The number of aryl methyl sites for hydroxylation is 2. The summed E-state index contributed by atoms with van der Waals surface area (Å²) >= 11 is 0. The highest BCUT2D eigenvalue weighted by molar-refractivity contribution is 5.97. The fourth-order valence-electron chi connectivity index (χ4n) is 4.39. The first-order valence-corrected chi connectivity index (χ1v) is 12.0. The van der Waals surface area contributed by atoms with Crippen molar-refractivity contribution in [3.05, 3.63) is 119 Å². The molecular formula is C31H27N5. The SMILES string of the molecule is Cc1ccc(Nc2c(C#N)cnc3cc(-c4cccc(CNCc5ccncc5)c4)ccc23)c(C)c1.